The zero-order chi connectivity index (χ0) is 4.00. The molecule has 0 aromatic heterocycles. The third-order valence-corrected chi connectivity index (χ3v) is 0. The Kier molecular flexibility index (Phi) is 0. The van der Waals surface area contributed by atoms with Gasteiger partial charge in [-0.25, -0.2) is 0 Å². The van der Waals surface area contributed by atoms with Crippen LogP contribution in [-0.4, -0.2) is 0 Å². The summed E-state index contributed by atoms with van der Waals surface area (Å²) < 4.78 is 0. The van der Waals surface area contributed by atoms with Gasteiger partial charge in [0.25, 0.3) is 0 Å². The van der Waals surface area contributed by atoms with Crippen molar-refractivity contribution in [2.75, 3.05) is 0 Å². The van der Waals surface area contributed by atoms with E-state index in [0.29, 0.717) is 0 Å². The molecule has 0 amide bonds. The van der Waals surface area contributed by atoms with E-state index in [4.69, 9.17) is 0 Å². The van der Waals surface area contributed by atoms with Crippen molar-refractivity contribution in [2.24, 2.45) is 0 Å². The van der Waals surface area contributed by atoms with E-state index in [2.05, 4.69) is 0 Å². The summed E-state index contributed by atoms with van der Waals surface area (Å²) in [7, 11) is 0. The summed E-state index contributed by atoms with van der Waals surface area (Å²) in [5, 5.41) is 0. The van der Waals surface area contributed by atoms with Gasteiger partial charge in [-0.2, -0.15) is 0 Å². The quantitative estimate of drug-likeness (QED) is 0.438. The van der Waals surface area contributed by atoms with Crippen molar-refractivity contribution >= 4 is 0 Å². The smallest absolute Gasteiger partial charge is 0 e. The molecular formula is C8H30. The normalized spacial score (nSPS) is 1.50. The van der Waals surface area contributed by atoms with Gasteiger partial charge in [-0.3, -0.25) is 0 Å². The molecule has 8 heavy (non-hydrogen) atoms. The molecule has 0 spiro atoms. The molecular weight excluding hydrogens is 96.1 g/mol. The first-order valence-electron chi connectivity index (χ1n) is 2.00. The van der Waals surface area contributed by atoms with E-state index >= 15 is 0 Å². The Morgan fingerprint density at radius 2 is 0.500 bits per heavy atom. The van der Waals surface area contributed by atoms with E-state index in [-0.39, 0.29) is 31.1 Å². The fourth-order valence-electron chi connectivity index (χ4n) is 0. The Hall–Kier alpha value is 0. The van der Waals surface area contributed by atoms with Gasteiger partial charge in [0.15, 0.2) is 0 Å². The summed E-state index contributed by atoms with van der Waals surface area (Å²) in [6.07, 6.45) is 0. The molecule has 0 rings (SSSR count). The molecule has 0 aromatic carbocycles. The van der Waals surface area contributed by atoms with E-state index in [1.165, 1.54) is 0 Å². The lowest BCUT2D eigenvalue weighted by atomic mass is 11.0. The van der Waals surface area contributed by atoms with Crippen LogP contribution in [0.5, 0.6) is 0 Å². The summed E-state index contributed by atoms with van der Waals surface area (Å²) in [6.45, 7) is 8.00. The third-order valence-electron chi connectivity index (χ3n) is 0. The fourth-order valence-corrected chi connectivity index (χ4v) is 0. The summed E-state index contributed by atoms with van der Waals surface area (Å²) in [5.41, 5.74) is 0. The SMILES string of the molecule is C.C.C.C.CC.CC.[3HH]. The molecule has 0 N–H and O–H groups in total. The first-order chi connectivity index (χ1) is 2.00. The van der Waals surface area contributed by atoms with Crippen LogP contribution in [0, 0.1) is 0 Å². The lowest BCUT2D eigenvalue weighted by Gasteiger charge is -1.07. The Balaban J connectivity index is -0.00000000114. The number of hydrogen-bond acceptors (Lipinski definition) is 0. The van der Waals surface area contributed by atoms with E-state index in [1.807, 2.05) is 27.7 Å². The second-order valence-electron chi connectivity index (χ2n) is 0. The fraction of sp³-hybridized carbons (Fsp3) is 1.00. The standard InChI is InChI=1S/2C2H6.4CH4.H2/c2*1-2;;;;;/h2*1-2H3;4*1H4;1H/i;;;;;;1+2. The van der Waals surface area contributed by atoms with Crippen molar-refractivity contribution in [2.45, 2.75) is 57.4 Å². The van der Waals surface area contributed by atoms with Gasteiger partial charge in [0.05, 0.1) is 0 Å². The monoisotopic (exact) mass is 128 g/mol. The highest BCUT2D eigenvalue weighted by atomic mass is 13.0. The van der Waals surface area contributed by atoms with E-state index in [1.54, 1.807) is 0 Å². The third kappa shape index (κ3) is 0. The van der Waals surface area contributed by atoms with Gasteiger partial charge >= 0.3 is 0 Å². The molecule has 0 aliphatic heterocycles. The van der Waals surface area contributed by atoms with Crippen molar-refractivity contribution in [3.8, 4) is 0 Å². The zero-order valence-corrected chi connectivity index (χ0v) is 4.00. The highest BCUT2D eigenvalue weighted by Gasteiger charge is 0.934. The minimum Gasteiger partial charge on any atom is -0.0776 e. The molecule has 0 fully saturated rings. The van der Waals surface area contributed by atoms with Crippen LogP contribution < -0.4 is 0 Å². The maximum atomic E-state index is 2.00. The first-order valence-corrected chi connectivity index (χ1v) is 2.00. The summed E-state index contributed by atoms with van der Waals surface area (Å²) in [4.78, 5) is 0. The van der Waals surface area contributed by atoms with Gasteiger partial charge in [0, 0.05) is 1.43 Å². The van der Waals surface area contributed by atoms with Crippen LogP contribution in [0.1, 0.15) is 58.8 Å². The molecule has 0 atom stereocenters. The maximum absolute atomic E-state index is 2.00. The van der Waals surface area contributed by atoms with Crippen LogP contribution in [0.2, 0.25) is 0 Å². The van der Waals surface area contributed by atoms with E-state index < -0.39 is 0 Å². The predicted octanol–water partition coefficient (Wildman–Crippen LogP) is 4.84. The molecule has 0 aromatic rings. The van der Waals surface area contributed by atoms with Gasteiger partial charge in [-0.15, -0.1) is 0 Å². The van der Waals surface area contributed by atoms with Crippen molar-refractivity contribution < 1.29 is 1.43 Å². The van der Waals surface area contributed by atoms with Crippen molar-refractivity contribution in [3.63, 3.8) is 0 Å². The van der Waals surface area contributed by atoms with E-state index in [0.717, 1.165) is 0 Å². The van der Waals surface area contributed by atoms with Gasteiger partial charge < -0.3 is 0 Å². The second-order valence-corrected chi connectivity index (χ2v) is 0. The average molecular weight is 128 g/mol. The highest BCUT2D eigenvalue weighted by molar-refractivity contribution is 3.51. The topological polar surface area (TPSA) is 0 Å². The minimum atomic E-state index is 0. The van der Waals surface area contributed by atoms with Crippen LogP contribution in [0.15, 0.2) is 0 Å². The maximum Gasteiger partial charge on any atom is 0 e. The van der Waals surface area contributed by atoms with Gasteiger partial charge in [0.2, 0.25) is 0 Å². The molecule has 0 saturated heterocycles. The highest BCUT2D eigenvalue weighted by Crippen LogP contribution is 1.15. The van der Waals surface area contributed by atoms with Crippen molar-refractivity contribution in [1.82, 2.24) is 0 Å². The molecule has 0 bridgehead atoms. The predicted molar refractivity (Wildman–Crippen MR) is 51.7 cm³/mol. The molecule has 0 aliphatic carbocycles. The average Bonchev–Trinajstić information content (AvgIpc) is 1.50. The summed E-state index contributed by atoms with van der Waals surface area (Å²) in [6, 6.07) is 0. The van der Waals surface area contributed by atoms with Crippen LogP contribution in [0.25, 0.3) is 0 Å². The Morgan fingerprint density at radius 3 is 0.500 bits per heavy atom. The molecule has 0 heteroatoms. The number of hydrogen-bond donors (Lipinski definition) is 0. The van der Waals surface area contributed by atoms with Crippen molar-refractivity contribution in [3.05, 3.63) is 0 Å². The largest absolute Gasteiger partial charge is 0.0776 e. The zero-order valence-electron chi connectivity index (χ0n) is 4.00. The molecule has 0 unspecified atom stereocenters. The molecule has 0 aliphatic rings. The van der Waals surface area contributed by atoms with Gasteiger partial charge in [0.1, 0.15) is 0 Å². The van der Waals surface area contributed by atoms with Crippen LogP contribution in [-0.2, 0) is 0 Å². The van der Waals surface area contributed by atoms with Crippen LogP contribution in [0.4, 0.5) is 0 Å². The van der Waals surface area contributed by atoms with Gasteiger partial charge in [-0.05, 0) is 0 Å². The minimum absolute atomic E-state index is 0. The Bertz CT molecular complexity index is 4.53. The van der Waals surface area contributed by atoms with Crippen LogP contribution >= 0.6 is 0 Å². The van der Waals surface area contributed by atoms with Crippen molar-refractivity contribution in [1.29, 1.82) is 0 Å². The molecule has 0 heterocycles. The summed E-state index contributed by atoms with van der Waals surface area (Å²) >= 11 is 0. The lowest BCUT2D eigenvalue weighted by Crippen LogP contribution is -0.856. The molecule has 0 nitrogen and oxygen atoms in total. The second kappa shape index (κ2) is 0. The number of rotatable bonds is 0. The molecule has 62 valence electrons. The molecule has 0 radical (unpaired) electrons. The summed E-state index contributed by atoms with van der Waals surface area (Å²) in [5.74, 6) is 0. The Morgan fingerprint density at radius 1 is 0.500 bits per heavy atom. The van der Waals surface area contributed by atoms with Crippen LogP contribution in [0.3, 0.4) is 0 Å². The first kappa shape index (κ1) is 98.0. The van der Waals surface area contributed by atoms with Gasteiger partial charge in [-0.1, -0.05) is 57.4 Å². The Labute approximate surface area is 59.8 Å². The lowest BCUT2D eigenvalue weighted by molar-refractivity contribution is 1.50. The van der Waals surface area contributed by atoms with E-state index in [9.17, 15) is 0 Å². The molecule has 0 saturated carbocycles.